The number of fused-ring (bicyclic) bond motifs is 1. The molecule has 62 valence electrons. The van der Waals surface area contributed by atoms with Gasteiger partial charge in [0, 0.05) is 25.4 Å². The number of Topliss-reactive ketones (excluding diaryl/α,β-unsaturated/α-hetero) is 2. The zero-order valence-corrected chi connectivity index (χ0v) is 6.54. The molecule has 2 nitrogen and oxygen atoms in total. The minimum atomic E-state index is 0. The van der Waals surface area contributed by atoms with E-state index in [9.17, 15) is 9.59 Å². The lowest BCUT2D eigenvalue weighted by molar-refractivity contribution is 0.0890. The Hall–Kier alpha value is -1.44. The molecule has 0 aliphatic heterocycles. The topological polar surface area (TPSA) is 34.1 Å². The molecule has 0 bridgehead atoms. The summed E-state index contributed by atoms with van der Waals surface area (Å²) in [5.41, 5.74) is 1.18. The number of ketones is 2. The number of carbonyl (C=O) groups is 2. The van der Waals surface area contributed by atoms with E-state index in [1.54, 1.807) is 24.3 Å². The fourth-order valence-corrected chi connectivity index (χ4v) is 1.47. The van der Waals surface area contributed by atoms with Crippen molar-refractivity contribution < 1.29 is 11.0 Å². The molecule has 0 saturated heterocycles. The third-order valence-corrected chi connectivity index (χ3v) is 2.11. The summed E-state index contributed by atoms with van der Waals surface area (Å²) in [5.74, 6) is 0.176. The van der Waals surface area contributed by atoms with Gasteiger partial charge in [0.1, 0.15) is 0 Å². The highest BCUT2D eigenvalue weighted by molar-refractivity contribution is 6.13. The lowest BCUT2D eigenvalue weighted by Crippen LogP contribution is -2.16. The van der Waals surface area contributed by atoms with Gasteiger partial charge in [0.2, 0.25) is 0 Å². The van der Waals surface area contributed by atoms with Gasteiger partial charge in [-0.25, -0.2) is 0 Å². The van der Waals surface area contributed by atoms with E-state index < -0.39 is 0 Å². The Morgan fingerprint density at radius 1 is 0.917 bits per heavy atom. The van der Waals surface area contributed by atoms with Gasteiger partial charge in [-0.1, -0.05) is 24.3 Å². The minimum absolute atomic E-state index is 0. The van der Waals surface area contributed by atoms with Crippen LogP contribution in [0.4, 0.5) is 0 Å². The van der Waals surface area contributed by atoms with E-state index in [0.29, 0.717) is 24.0 Å². The van der Waals surface area contributed by atoms with Crippen molar-refractivity contribution in [3.8, 4) is 0 Å². The third kappa shape index (κ3) is 0.961. The highest BCUT2D eigenvalue weighted by Gasteiger charge is 2.22. The molecule has 0 amide bonds. The van der Waals surface area contributed by atoms with Crippen molar-refractivity contribution in [1.82, 2.24) is 0 Å². The molecule has 1 aromatic rings. The van der Waals surface area contributed by atoms with Gasteiger partial charge < -0.3 is 0 Å². The second-order valence-corrected chi connectivity index (χ2v) is 2.89. The minimum Gasteiger partial charge on any atom is -0.294 e. The zero-order chi connectivity index (χ0) is 8.55. The summed E-state index contributed by atoms with van der Waals surface area (Å²) in [6.45, 7) is 0. The van der Waals surface area contributed by atoms with Crippen molar-refractivity contribution in [3.63, 3.8) is 0 Å². The molecular weight excluding hydrogens is 152 g/mol. The third-order valence-electron chi connectivity index (χ3n) is 2.11. The number of rotatable bonds is 0. The lowest BCUT2D eigenvalue weighted by atomic mass is 9.90. The fraction of sp³-hybridized carbons (Fsp3) is 0.200. The molecule has 1 aliphatic carbocycles. The maximum absolute atomic E-state index is 11.3. The summed E-state index contributed by atoms with van der Waals surface area (Å²) >= 11 is 0. The van der Waals surface area contributed by atoms with Crippen LogP contribution in [0.25, 0.3) is 0 Å². The number of benzene rings is 1. The maximum Gasteiger partial charge on any atom is 0.164 e. The summed E-state index contributed by atoms with van der Waals surface area (Å²) in [7, 11) is 0. The van der Waals surface area contributed by atoms with Crippen molar-refractivity contribution in [2.45, 2.75) is 12.8 Å². The first-order valence-electron chi connectivity index (χ1n) is 3.94. The molecule has 2 rings (SSSR count). The molecule has 0 heterocycles. The second kappa shape index (κ2) is 2.55. The Bertz CT molecular complexity index is 323. The van der Waals surface area contributed by atoms with Gasteiger partial charge in [-0.3, -0.25) is 9.59 Å². The largest absolute Gasteiger partial charge is 0.294 e. The quantitative estimate of drug-likeness (QED) is 0.585. The van der Waals surface area contributed by atoms with Gasteiger partial charge in [0.05, 0.1) is 0 Å². The predicted molar refractivity (Wildman–Crippen MR) is 46.5 cm³/mol. The van der Waals surface area contributed by atoms with Crippen LogP contribution in [0.15, 0.2) is 24.3 Å². The van der Waals surface area contributed by atoms with E-state index in [-0.39, 0.29) is 13.0 Å². The monoisotopic (exact) mass is 162 g/mol. The first-order chi connectivity index (χ1) is 5.79. The highest BCUT2D eigenvalue weighted by atomic mass is 16.1. The van der Waals surface area contributed by atoms with Crippen molar-refractivity contribution in [3.05, 3.63) is 35.4 Å². The molecule has 0 atom stereocenters. The van der Waals surface area contributed by atoms with Gasteiger partial charge in [0.25, 0.3) is 0 Å². The smallest absolute Gasteiger partial charge is 0.164 e. The molecule has 0 N–H and O–H groups in total. The van der Waals surface area contributed by atoms with Crippen molar-refractivity contribution in [2.24, 2.45) is 0 Å². The summed E-state index contributed by atoms with van der Waals surface area (Å²) in [4.78, 5) is 22.6. The fourth-order valence-electron chi connectivity index (χ4n) is 1.47. The van der Waals surface area contributed by atoms with E-state index in [1.807, 2.05) is 0 Å². The Morgan fingerprint density at radius 3 is 1.75 bits per heavy atom. The molecule has 0 saturated carbocycles. The Balaban J connectivity index is 0.000000845. The van der Waals surface area contributed by atoms with Crippen molar-refractivity contribution in [2.75, 3.05) is 0 Å². The van der Waals surface area contributed by atoms with E-state index >= 15 is 0 Å². The normalized spacial score (nSPS) is 16.0. The Morgan fingerprint density at radius 2 is 1.33 bits per heavy atom. The van der Waals surface area contributed by atoms with Gasteiger partial charge in [0.15, 0.2) is 11.6 Å². The standard InChI is InChI=1S/C10H8O2.H2/c11-9-5-6-10(12)8-4-2-1-3-7(8)9;/h1-4H,5-6H2;1H. The SMILES string of the molecule is O=C1CCC(=O)c2ccccc21.[HH]. The lowest BCUT2D eigenvalue weighted by Gasteiger charge is -2.11. The molecule has 0 unspecified atom stereocenters. The number of hydrogen-bond acceptors (Lipinski definition) is 2. The molecule has 12 heavy (non-hydrogen) atoms. The van der Waals surface area contributed by atoms with Crippen LogP contribution in [-0.4, -0.2) is 11.6 Å². The Kier molecular flexibility index (Phi) is 1.54. The Labute approximate surface area is 71.7 Å². The molecule has 0 radical (unpaired) electrons. The van der Waals surface area contributed by atoms with Crippen LogP contribution in [0.1, 0.15) is 35.0 Å². The average Bonchev–Trinajstić information content (AvgIpc) is 2.12. The molecule has 2 heteroatoms. The molecule has 0 fully saturated rings. The molecular formula is C10H10O2. The van der Waals surface area contributed by atoms with Crippen molar-refractivity contribution in [1.29, 1.82) is 0 Å². The predicted octanol–water partition coefficient (Wildman–Crippen LogP) is 2.09. The van der Waals surface area contributed by atoms with Crippen LogP contribution >= 0.6 is 0 Å². The first-order valence-corrected chi connectivity index (χ1v) is 3.94. The van der Waals surface area contributed by atoms with E-state index in [2.05, 4.69) is 0 Å². The number of hydrogen-bond donors (Lipinski definition) is 0. The summed E-state index contributed by atoms with van der Waals surface area (Å²) < 4.78 is 0. The van der Waals surface area contributed by atoms with E-state index in [1.165, 1.54) is 0 Å². The average molecular weight is 162 g/mol. The van der Waals surface area contributed by atoms with Crippen LogP contribution in [0, 0.1) is 0 Å². The summed E-state index contributed by atoms with van der Waals surface area (Å²) in [5, 5.41) is 0. The van der Waals surface area contributed by atoms with Gasteiger partial charge >= 0.3 is 0 Å². The maximum atomic E-state index is 11.3. The first kappa shape index (κ1) is 7.22. The molecule has 0 spiro atoms. The second-order valence-electron chi connectivity index (χ2n) is 2.89. The summed E-state index contributed by atoms with van der Waals surface area (Å²) in [6, 6.07) is 7.01. The van der Waals surface area contributed by atoms with Gasteiger partial charge in [-0.2, -0.15) is 0 Å². The van der Waals surface area contributed by atoms with Crippen LogP contribution in [0.5, 0.6) is 0 Å². The van der Waals surface area contributed by atoms with Crippen LogP contribution in [0.3, 0.4) is 0 Å². The van der Waals surface area contributed by atoms with Crippen LogP contribution in [0.2, 0.25) is 0 Å². The van der Waals surface area contributed by atoms with E-state index in [0.717, 1.165) is 0 Å². The zero-order valence-electron chi connectivity index (χ0n) is 6.54. The van der Waals surface area contributed by atoms with E-state index in [4.69, 9.17) is 0 Å². The molecule has 1 aromatic carbocycles. The van der Waals surface area contributed by atoms with Crippen molar-refractivity contribution >= 4 is 11.6 Å². The molecule has 0 aromatic heterocycles. The highest BCUT2D eigenvalue weighted by Crippen LogP contribution is 2.20. The summed E-state index contributed by atoms with van der Waals surface area (Å²) in [6.07, 6.45) is 0.742. The molecule has 1 aliphatic rings. The van der Waals surface area contributed by atoms with Gasteiger partial charge in [-0.15, -0.1) is 0 Å². The van der Waals surface area contributed by atoms with Crippen LogP contribution < -0.4 is 0 Å². The number of carbonyl (C=O) groups excluding carboxylic acids is 2. The van der Waals surface area contributed by atoms with Gasteiger partial charge in [-0.05, 0) is 0 Å². The van der Waals surface area contributed by atoms with Crippen LogP contribution in [-0.2, 0) is 0 Å².